The van der Waals surface area contributed by atoms with Crippen LogP contribution in [0.25, 0.3) is 0 Å². The first-order valence-corrected chi connectivity index (χ1v) is 10.8. The van der Waals surface area contributed by atoms with E-state index >= 15 is 0 Å². The molecule has 1 heterocycles. The van der Waals surface area contributed by atoms with Crippen LogP contribution < -0.4 is 16.1 Å². The van der Waals surface area contributed by atoms with Crippen molar-refractivity contribution in [2.75, 3.05) is 11.5 Å². The zero-order chi connectivity index (χ0) is 24.0. The molecular weight excluding hydrogens is 444 g/mol. The number of benzene rings is 2. The van der Waals surface area contributed by atoms with Crippen molar-refractivity contribution in [1.29, 1.82) is 0 Å². The summed E-state index contributed by atoms with van der Waals surface area (Å²) in [4.78, 5) is 50.3. The van der Waals surface area contributed by atoms with Gasteiger partial charge in [0, 0.05) is 6.42 Å². The Morgan fingerprint density at radius 1 is 1.09 bits per heavy atom. The van der Waals surface area contributed by atoms with Crippen LogP contribution in [0.4, 0.5) is 5.69 Å². The number of anilines is 1. The highest BCUT2D eigenvalue weighted by molar-refractivity contribution is 7.80. The second-order valence-corrected chi connectivity index (χ2v) is 7.67. The van der Waals surface area contributed by atoms with Crippen molar-refractivity contribution in [3.63, 3.8) is 0 Å². The predicted molar refractivity (Wildman–Crippen MR) is 125 cm³/mol. The fourth-order valence-electron chi connectivity index (χ4n) is 3.38. The molecule has 0 bridgehead atoms. The summed E-state index contributed by atoms with van der Waals surface area (Å²) in [6.07, 6.45) is 0.338. The number of nitrogens with two attached hydrogens (primary N) is 1. The van der Waals surface area contributed by atoms with Crippen molar-refractivity contribution in [2.24, 2.45) is 5.73 Å². The zero-order valence-electron chi connectivity index (χ0n) is 18.0. The summed E-state index contributed by atoms with van der Waals surface area (Å²) in [6.45, 7) is 1.94. The number of primary amides is 1. The Balaban J connectivity index is 1.76. The van der Waals surface area contributed by atoms with Crippen molar-refractivity contribution in [3.05, 3.63) is 65.7 Å². The molecule has 3 N–H and O–H groups in total. The lowest BCUT2D eigenvalue weighted by Gasteiger charge is -2.24. The van der Waals surface area contributed by atoms with Crippen LogP contribution in [0.1, 0.15) is 35.7 Å². The molecule has 33 heavy (non-hydrogen) atoms. The van der Waals surface area contributed by atoms with Gasteiger partial charge in [0.05, 0.1) is 24.3 Å². The second-order valence-electron chi connectivity index (χ2n) is 7.30. The van der Waals surface area contributed by atoms with Gasteiger partial charge in [0.2, 0.25) is 16.9 Å². The van der Waals surface area contributed by atoms with Gasteiger partial charge in [0.1, 0.15) is 6.04 Å². The highest BCUT2D eigenvalue weighted by Gasteiger charge is 2.45. The molecule has 2 aromatic rings. The summed E-state index contributed by atoms with van der Waals surface area (Å²) in [5, 5.41) is 1.21. The number of carbonyl (C=O) groups is 4. The van der Waals surface area contributed by atoms with E-state index in [2.05, 4.69) is 5.43 Å². The highest BCUT2D eigenvalue weighted by atomic mass is 32.1. The zero-order valence-corrected chi connectivity index (χ0v) is 18.8. The van der Waals surface area contributed by atoms with Gasteiger partial charge in [-0.05, 0) is 55.4 Å². The summed E-state index contributed by atoms with van der Waals surface area (Å²) in [7, 11) is 0. The molecule has 1 atom stereocenters. The summed E-state index contributed by atoms with van der Waals surface area (Å²) < 4.78 is 4.96. The average molecular weight is 469 g/mol. The van der Waals surface area contributed by atoms with Crippen molar-refractivity contribution >= 4 is 46.7 Å². The number of ether oxygens (including phenoxy) is 1. The van der Waals surface area contributed by atoms with Crippen LogP contribution in [0.15, 0.2) is 54.6 Å². The average Bonchev–Trinajstić information content (AvgIpc) is 3.02. The van der Waals surface area contributed by atoms with Gasteiger partial charge in [-0.3, -0.25) is 24.7 Å². The number of amides is 3. The molecule has 1 fully saturated rings. The minimum atomic E-state index is -1.07. The summed E-state index contributed by atoms with van der Waals surface area (Å²) in [5.41, 5.74) is 9.66. The Kier molecular flexibility index (Phi) is 7.73. The molecule has 0 aromatic heterocycles. The molecule has 0 saturated carbocycles. The molecule has 3 amide bonds. The topological polar surface area (TPSA) is 122 Å². The first kappa shape index (κ1) is 23.9. The van der Waals surface area contributed by atoms with E-state index in [1.165, 1.54) is 22.0 Å². The van der Waals surface area contributed by atoms with E-state index in [1.807, 2.05) is 30.3 Å². The summed E-state index contributed by atoms with van der Waals surface area (Å²) >= 11 is 5.45. The molecule has 172 valence electrons. The van der Waals surface area contributed by atoms with Crippen LogP contribution in [-0.2, 0) is 25.5 Å². The molecule has 0 aliphatic carbocycles. The van der Waals surface area contributed by atoms with E-state index in [0.29, 0.717) is 17.7 Å². The van der Waals surface area contributed by atoms with Crippen LogP contribution in [0.5, 0.6) is 0 Å². The number of rotatable bonds is 9. The third kappa shape index (κ3) is 5.72. The molecule has 0 unspecified atom stereocenters. The van der Waals surface area contributed by atoms with Crippen molar-refractivity contribution < 1.29 is 23.9 Å². The smallest absolute Gasteiger partial charge is 0.338 e. The van der Waals surface area contributed by atoms with Crippen LogP contribution >= 0.6 is 12.2 Å². The summed E-state index contributed by atoms with van der Waals surface area (Å²) in [6, 6.07) is 14.5. The molecule has 1 saturated heterocycles. The molecule has 0 spiro atoms. The molecule has 10 heteroatoms. The van der Waals surface area contributed by atoms with Gasteiger partial charge >= 0.3 is 5.97 Å². The van der Waals surface area contributed by atoms with E-state index in [4.69, 9.17) is 22.7 Å². The number of carbonyl (C=O) groups excluding carboxylic acids is 4. The molecule has 0 radical (unpaired) electrons. The van der Waals surface area contributed by atoms with E-state index in [-0.39, 0.29) is 30.5 Å². The molecule has 9 nitrogen and oxygen atoms in total. The Morgan fingerprint density at radius 2 is 1.76 bits per heavy atom. The maximum Gasteiger partial charge on any atom is 0.338 e. The van der Waals surface area contributed by atoms with Gasteiger partial charge in [-0.25, -0.2) is 9.80 Å². The minimum Gasteiger partial charge on any atom is -0.462 e. The molecular formula is C23H24N4O5S. The number of esters is 1. The minimum absolute atomic E-state index is 0.00296. The third-order valence-corrected chi connectivity index (χ3v) is 5.35. The summed E-state index contributed by atoms with van der Waals surface area (Å²) in [5.74, 6) is -2.06. The maximum atomic E-state index is 13.1. The Labute approximate surface area is 196 Å². The van der Waals surface area contributed by atoms with Crippen LogP contribution in [0.2, 0.25) is 0 Å². The monoisotopic (exact) mass is 468 g/mol. The number of aryl methyl sites for hydroxylation is 1. The predicted octanol–water partition coefficient (Wildman–Crippen LogP) is 1.70. The maximum absolute atomic E-state index is 13.1. The number of nitrogens with zero attached hydrogens (tertiary/aromatic N) is 2. The number of hydrogen-bond acceptors (Lipinski definition) is 6. The number of hydrazine groups is 1. The van der Waals surface area contributed by atoms with Crippen LogP contribution in [0, 0.1) is 0 Å². The quantitative estimate of drug-likeness (QED) is 0.424. The number of hydrogen-bond donors (Lipinski definition) is 2. The van der Waals surface area contributed by atoms with Crippen LogP contribution in [-0.4, -0.2) is 46.5 Å². The van der Waals surface area contributed by atoms with E-state index in [1.54, 1.807) is 19.1 Å². The van der Waals surface area contributed by atoms with E-state index in [0.717, 1.165) is 5.56 Å². The Bertz CT molecular complexity index is 1060. The third-order valence-electron chi connectivity index (χ3n) is 4.97. The van der Waals surface area contributed by atoms with Crippen LogP contribution in [0.3, 0.4) is 0 Å². The van der Waals surface area contributed by atoms with E-state index in [9.17, 15) is 19.2 Å². The van der Waals surface area contributed by atoms with Gasteiger partial charge in [-0.15, -0.1) is 0 Å². The lowest BCUT2D eigenvalue weighted by atomic mass is 10.1. The standard InChI is InChI=1S/C23H24N4O5S/c1-2-32-22(31)16-9-11-17(12-10-16)26-21(30)18(14-19(24)28)27(23(26)33)25-20(29)13-8-15-6-4-3-5-7-15/h3-7,9-12,18H,2,8,13-14H2,1H3,(H2,24,28)(H,25,29)/t18-/m0/s1. The Hall–Kier alpha value is -3.79. The Morgan fingerprint density at radius 3 is 2.36 bits per heavy atom. The van der Waals surface area contributed by atoms with Gasteiger partial charge in [0.15, 0.2) is 0 Å². The second kappa shape index (κ2) is 10.7. The fourth-order valence-corrected chi connectivity index (χ4v) is 3.75. The normalized spacial score (nSPS) is 15.5. The van der Waals surface area contributed by atoms with Crippen molar-refractivity contribution in [1.82, 2.24) is 10.4 Å². The number of nitrogens with one attached hydrogen (secondary N) is 1. The molecule has 1 aliphatic rings. The largest absolute Gasteiger partial charge is 0.462 e. The van der Waals surface area contributed by atoms with E-state index < -0.39 is 23.8 Å². The van der Waals surface area contributed by atoms with Crippen molar-refractivity contribution in [3.8, 4) is 0 Å². The SMILES string of the molecule is CCOC(=O)c1ccc(N2C(=O)[C@H](CC(N)=O)N(NC(=O)CCc3ccccc3)C2=S)cc1. The first-order valence-electron chi connectivity index (χ1n) is 10.4. The van der Waals surface area contributed by atoms with Crippen molar-refractivity contribution in [2.45, 2.75) is 32.2 Å². The number of thiocarbonyl (C=S) groups is 1. The first-order chi connectivity index (χ1) is 15.8. The van der Waals surface area contributed by atoms with Gasteiger partial charge in [-0.2, -0.15) is 0 Å². The molecule has 2 aromatic carbocycles. The molecule has 1 aliphatic heterocycles. The molecule has 3 rings (SSSR count). The lowest BCUT2D eigenvalue weighted by Crippen LogP contribution is -2.49. The van der Waals surface area contributed by atoms with Gasteiger partial charge in [0.25, 0.3) is 5.91 Å². The van der Waals surface area contributed by atoms with Gasteiger partial charge < -0.3 is 10.5 Å². The highest BCUT2D eigenvalue weighted by Crippen LogP contribution is 2.26. The van der Waals surface area contributed by atoms with Gasteiger partial charge in [-0.1, -0.05) is 30.3 Å². The lowest BCUT2D eigenvalue weighted by molar-refractivity contribution is -0.129. The fraction of sp³-hybridized carbons (Fsp3) is 0.261.